The molecule has 0 saturated carbocycles. The molecule has 0 fully saturated rings. The molecule has 1 unspecified atom stereocenters. The minimum atomic E-state index is 0.0170. The van der Waals surface area contributed by atoms with E-state index in [1.807, 2.05) is 19.1 Å². The Bertz CT molecular complexity index is 414. The van der Waals surface area contributed by atoms with Crippen LogP contribution in [0.4, 0.5) is 0 Å². The van der Waals surface area contributed by atoms with E-state index in [9.17, 15) is 0 Å². The van der Waals surface area contributed by atoms with Crippen LogP contribution in [0.1, 0.15) is 30.5 Å². The number of rotatable bonds is 2. The number of benzene rings is 1. The molecule has 0 aliphatic carbocycles. The second-order valence-electron chi connectivity index (χ2n) is 3.70. The molecule has 0 saturated heterocycles. The van der Waals surface area contributed by atoms with Gasteiger partial charge in [-0.05, 0) is 24.1 Å². The van der Waals surface area contributed by atoms with Gasteiger partial charge >= 0.3 is 0 Å². The summed E-state index contributed by atoms with van der Waals surface area (Å²) in [7, 11) is 0. The zero-order valence-corrected chi connectivity index (χ0v) is 8.92. The number of hydrogen-bond donors (Lipinski definition) is 1. The molecule has 0 radical (unpaired) electrons. The van der Waals surface area contributed by atoms with E-state index in [1.165, 1.54) is 5.56 Å². The predicted molar refractivity (Wildman–Crippen MR) is 60.6 cm³/mol. The van der Waals surface area contributed by atoms with Gasteiger partial charge in [-0.25, -0.2) is 0 Å². The van der Waals surface area contributed by atoms with Crippen LogP contribution in [-0.2, 0) is 6.42 Å². The molecule has 1 aromatic carbocycles. The summed E-state index contributed by atoms with van der Waals surface area (Å²) >= 11 is 0. The first-order valence-corrected chi connectivity index (χ1v) is 5.22. The zero-order valence-electron chi connectivity index (χ0n) is 8.92. The standard InChI is InChI=1S/C13H15NO/c1-2-3-4-12(14)10-5-6-13-11(9-10)7-8-15-13/h5-6,9,12H,4,7-8,14H2,1H3. The number of fused-ring (bicyclic) bond motifs is 1. The van der Waals surface area contributed by atoms with Crippen molar-refractivity contribution in [2.45, 2.75) is 25.8 Å². The molecule has 1 atom stereocenters. The molecule has 1 aliphatic heterocycles. The average molecular weight is 201 g/mol. The Balaban J connectivity index is 2.17. The Labute approximate surface area is 90.4 Å². The molecule has 2 heteroatoms. The molecule has 2 rings (SSSR count). The first-order valence-electron chi connectivity index (χ1n) is 5.22. The maximum absolute atomic E-state index is 6.03. The van der Waals surface area contributed by atoms with E-state index >= 15 is 0 Å². The van der Waals surface area contributed by atoms with E-state index in [0.29, 0.717) is 0 Å². The van der Waals surface area contributed by atoms with Crippen molar-refractivity contribution in [1.82, 2.24) is 0 Å². The maximum atomic E-state index is 6.03. The molecule has 0 spiro atoms. The van der Waals surface area contributed by atoms with E-state index < -0.39 is 0 Å². The van der Waals surface area contributed by atoms with Crippen LogP contribution in [-0.4, -0.2) is 6.61 Å². The maximum Gasteiger partial charge on any atom is 0.122 e. The minimum absolute atomic E-state index is 0.0170. The fourth-order valence-corrected chi connectivity index (χ4v) is 1.77. The van der Waals surface area contributed by atoms with Crippen LogP contribution in [0.2, 0.25) is 0 Å². The second-order valence-corrected chi connectivity index (χ2v) is 3.70. The van der Waals surface area contributed by atoms with E-state index in [0.717, 1.165) is 30.8 Å². The molecule has 0 aromatic heterocycles. The Morgan fingerprint density at radius 3 is 3.20 bits per heavy atom. The van der Waals surface area contributed by atoms with Gasteiger partial charge < -0.3 is 10.5 Å². The van der Waals surface area contributed by atoms with Crippen LogP contribution in [0.25, 0.3) is 0 Å². The van der Waals surface area contributed by atoms with Crippen LogP contribution >= 0.6 is 0 Å². The lowest BCUT2D eigenvalue weighted by Crippen LogP contribution is -2.09. The van der Waals surface area contributed by atoms with Crippen LogP contribution in [0, 0.1) is 11.8 Å². The minimum Gasteiger partial charge on any atom is -0.493 e. The highest BCUT2D eigenvalue weighted by molar-refractivity contribution is 5.40. The molecule has 78 valence electrons. The largest absolute Gasteiger partial charge is 0.493 e. The number of nitrogens with two attached hydrogens (primary N) is 1. The van der Waals surface area contributed by atoms with Gasteiger partial charge in [-0.3, -0.25) is 0 Å². The molecule has 1 aliphatic rings. The summed E-state index contributed by atoms with van der Waals surface area (Å²) in [5.74, 6) is 6.88. The summed E-state index contributed by atoms with van der Waals surface area (Å²) in [6.07, 6.45) is 1.71. The Morgan fingerprint density at radius 1 is 1.53 bits per heavy atom. The molecule has 0 amide bonds. The summed E-state index contributed by atoms with van der Waals surface area (Å²) in [4.78, 5) is 0. The van der Waals surface area contributed by atoms with Crippen molar-refractivity contribution in [2.75, 3.05) is 6.61 Å². The van der Waals surface area contributed by atoms with Crippen molar-refractivity contribution in [3.05, 3.63) is 29.3 Å². The van der Waals surface area contributed by atoms with Crippen molar-refractivity contribution >= 4 is 0 Å². The summed E-state index contributed by atoms with van der Waals surface area (Å²) in [5, 5.41) is 0. The monoisotopic (exact) mass is 201 g/mol. The SMILES string of the molecule is CC#CCC(N)c1ccc2c(c1)CCO2. The zero-order chi connectivity index (χ0) is 10.7. The molecule has 2 nitrogen and oxygen atoms in total. The normalized spacial score (nSPS) is 14.8. The summed E-state index contributed by atoms with van der Waals surface area (Å²) < 4.78 is 5.45. The van der Waals surface area contributed by atoms with Crippen molar-refractivity contribution in [1.29, 1.82) is 0 Å². The lowest BCUT2D eigenvalue weighted by molar-refractivity contribution is 0.357. The van der Waals surface area contributed by atoms with Gasteiger partial charge in [0.15, 0.2) is 0 Å². The van der Waals surface area contributed by atoms with Crippen molar-refractivity contribution in [2.24, 2.45) is 5.73 Å². The van der Waals surface area contributed by atoms with Crippen LogP contribution in [0.15, 0.2) is 18.2 Å². The van der Waals surface area contributed by atoms with E-state index in [1.54, 1.807) is 0 Å². The highest BCUT2D eigenvalue weighted by Gasteiger charge is 2.14. The fourth-order valence-electron chi connectivity index (χ4n) is 1.77. The Hall–Kier alpha value is -1.46. The first-order chi connectivity index (χ1) is 7.31. The van der Waals surface area contributed by atoms with Gasteiger partial charge in [0.25, 0.3) is 0 Å². The van der Waals surface area contributed by atoms with Gasteiger partial charge in [0.05, 0.1) is 6.61 Å². The summed E-state index contributed by atoms with van der Waals surface area (Å²) in [6, 6.07) is 6.20. The van der Waals surface area contributed by atoms with Crippen LogP contribution in [0.5, 0.6) is 5.75 Å². The van der Waals surface area contributed by atoms with Crippen LogP contribution < -0.4 is 10.5 Å². The highest BCUT2D eigenvalue weighted by Crippen LogP contribution is 2.28. The molecule has 2 N–H and O–H groups in total. The van der Waals surface area contributed by atoms with E-state index in [4.69, 9.17) is 10.5 Å². The Kier molecular flexibility index (Phi) is 2.94. The molecular formula is C13H15NO. The quantitative estimate of drug-likeness (QED) is 0.743. The van der Waals surface area contributed by atoms with E-state index in [2.05, 4.69) is 17.9 Å². The third-order valence-corrected chi connectivity index (χ3v) is 2.64. The molecule has 0 bridgehead atoms. The van der Waals surface area contributed by atoms with Gasteiger partial charge in [-0.2, -0.15) is 0 Å². The highest BCUT2D eigenvalue weighted by atomic mass is 16.5. The fraction of sp³-hybridized carbons (Fsp3) is 0.385. The topological polar surface area (TPSA) is 35.2 Å². The smallest absolute Gasteiger partial charge is 0.122 e. The molecule has 1 aromatic rings. The first kappa shape index (κ1) is 10.1. The molecule has 15 heavy (non-hydrogen) atoms. The molecule has 1 heterocycles. The lowest BCUT2D eigenvalue weighted by Gasteiger charge is -2.09. The van der Waals surface area contributed by atoms with Gasteiger partial charge in [0, 0.05) is 18.9 Å². The van der Waals surface area contributed by atoms with Gasteiger partial charge in [0.1, 0.15) is 5.75 Å². The number of ether oxygens (including phenoxy) is 1. The van der Waals surface area contributed by atoms with Crippen molar-refractivity contribution < 1.29 is 4.74 Å². The third-order valence-electron chi connectivity index (χ3n) is 2.64. The average Bonchev–Trinajstić information content (AvgIpc) is 2.72. The summed E-state index contributed by atoms with van der Waals surface area (Å²) in [5.41, 5.74) is 8.46. The van der Waals surface area contributed by atoms with Crippen molar-refractivity contribution in [3.63, 3.8) is 0 Å². The van der Waals surface area contributed by atoms with E-state index in [-0.39, 0.29) is 6.04 Å². The lowest BCUT2D eigenvalue weighted by atomic mass is 10.0. The third kappa shape index (κ3) is 2.14. The van der Waals surface area contributed by atoms with Crippen LogP contribution in [0.3, 0.4) is 0 Å². The van der Waals surface area contributed by atoms with Gasteiger partial charge in [-0.15, -0.1) is 11.8 Å². The Morgan fingerprint density at radius 2 is 2.40 bits per heavy atom. The van der Waals surface area contributed by atoms with Crippen molar-refractivity contribution in [3.8, 4) is 17.6 Å². The molecular weight excluding hydrogens is 186 g/mol. The number of hydrogen-bond acceptors (Lipinski definition) is 2. The van der Waals surface area contributed by atoms with Gasteiger partial charge in [-0.1, -0.05) is 12.1 Å². The summed E-state index contributed by atoms with van der Waals surface area (Å²) in [6.45, 7) is 2.63. The predicted octanol–water partition coefficient (Wildman–Crippen LogP) is 2.03. The van der Waals surface area contributed by atoms with Gasteiger partial charge in [0.2, 0.25) is 0 Å². The second kappa shape index (κ2) is 4.37.